The number of hydrogen-bond donors (Lipinski definition) is 1. The standard InChI is InChI=1S/C20H17F3N2O/c1-2-11-24-13-14-4-3-5-17-18(10-12-25-19(14)17)26-16-8-6-15(7-9-16)20(21,22)23/h2-12,24H,13H2,1H3. The molecule has 1 aromatic heterocycles. The maximum absolute atomic E-state index is 12.7. The topological polar surface area (TPSA) is 34.1 Å². The van der Waals surface area contributed by atoms with Gasteiger partial charge in [0.2, 0.25) is 0 Å². The van der Waals surface area contributed by atoms with Gasteiger partial charge in [-0.05, 0) is 55.1 Å². The number of pyridine rings is 1. The van der Waals surface area contributed by atoms with Crippen LogP contribution in [-0.4, -0.2) is 4.98 Å². The van der Waals surface area contributed by atoms with Crippen molar-refractivity contribution < 1.29 is 17.9 Å². The lowest BCUT2D eigenvalue weighted by molar-refractivity contribution is -0.137. The summed E-state index contributed by atoms with van der Waals surface area (Å²) >= 11 is 0. The predicted octanol–water partition coefficient (Wildman–Crippen LogP) is 5.67. The minimum Gasteiger partial charge on any atom is -0.457 e. The number of nitrogens with one attached hydrogen (secondary N) is 1. The number of fused-ring (bicyclic) bond motifs is 1. The van der Waals surface area contributed by atoms with Crippen LogP contribution in [0.15, 0.2) is 67.0 Å². The Kier molecular flexibility index (Phi) is 5.11. The molecule has 0 aliphatic heterocycles. The Hall–Kier alpha value is -3.02. The second-order valence-electron chi connectivity index (χ2n) is 5.63. The molecule has 0 saturated carbocycles. The van der Waals surface area contributed by atoms with Gasteiger partial charge in [0.25, 0.3) is 0 Å². The Morgan fingerprint density at radius 1 is 1.08 bits per heavy atom. The maximum atomic E-state index is 12.7. The highest BCUT2D eigenvalue weighted by atomic mass is 19.4. The van der Waals surface area contributed by atoms with E-state index >= 15 is 0 Å². The van der Waals surface area contributed by atoms with Crippen molar-refractivity contribution in [1.82, 2.24) is 10.3 Å². The summed E-state index contributed by atoms with van der Waals surface area (Å²) in [5, 5.41) is 3.96. The number of rotatable bonds is 5. The first kappa shape index (κ1) is 17.8. The molecule has 134 valence electrons. The summed E-state index contributed by atoms with van der Waals surface area (Å²) in [5.74, 6) is 0.880. The van der Waals surface area contributed by atoms with Crippen molar-refractivity contribution in [3.63, 3.8) is 0 Å². The lowest BCUT2D eigenvalue weighted by Crippen LogP contribution is -2.05. The Morgan fingerprint density at radius 2 is 1.85 bits per heavy atom. The summed E-state index contributed by atoms with van der Waals surface area (Å²) in [4.78, 5) is 4.42. The number of para-hydroxylation sites is 1. The summed E-state index contributed by atoms with van der Waals surface area (Å²) < 4.78 is 43.8. The molecule has 0 radical (unpaired) electrons. The van der Waals surface area contributed by atoms with E-state index in [0.717, 1.165) is 28.6 Å². The van der Waals surface area contributed by atoms with Crippen molar-refractivity contribution >= 4 is 10.9 Å². The van der Waals surface area contributed by atoms with Gasteiger partial charge in [0, 0.05) is 18.1 Å². The van der Waals surface area contributed by atoms with Crippen LogP contribution in [0.1, 0.15) is 18.1 Å². The molecule has 0 fully saturated rings. The third-order valence-electron chi connectivity index (χ3n) is 3.80. The molecule has 0 amide bonds. The highest BCUT2D eigenvalue weighted by molar-refractivity contribution is 5.87. The van der Waals surface area contributed by atoms with E-state index < -0.39 is 11.7 Å². The normalized spacial score (nSPS) is 11.8. The Morgan fingerprint density at radius 3 is 2.54 bits per heavy atom. The van der Waals surface area contributed by atoms with Crippen LogP contribution in [0, 0.1) is 0 Å². The first-order chi connectivity index (χ1) is 12.5. The van der Waals surface area contributed by atoms with E-state index in [2.05, 4.69) is 10.3 Å². The molecule has 1 N–H and O–H groups in total. The van der Waals surface area contributed by atoms with Crippen LogP contribution in [0.5, 0.6) is 11.5 Å². The summed E-state index contributed by atoms with van der Waals surface area (Å²) in [6.45, 7) is 2.53. The first-order valence-corrected chi connectivity index (χ1v) is 8.05. The quantitative estimate of drug-likeness (QED) is 0.638. The molecule has 0 atom stereocenters. The molecule has 1 heterocycles. The van der Waals surface area contributed by atoms with Crippen molar-refractivity contribution in [2.24, 2.45) is 0 Å². The Balaban J connectivity index is 1.89. The molecule has 3 rings (SSSR count). The number of hydrogen-bond acceptors (Lipinski definition) is 3. The minimum atomic E-state index is -4.36. The minimum absolute atomic E-state index is 0.336. The number of benzene rings is 2. The van der Waals surface area contributed by atoms with E-state index in [9.17, 15) is 13.2 Å². The summed E-state index contributed by atoms with van der Waals surface area (Å²) in [7, 11) is 0. The molecule has 3 aromatic rings. The highest BCUT2D eigenvalue weighted by Crippen LogP contribution is 2.33. The van der Waals surface area contributed by atoms with Crippen LogP contribution < -0.4 is 10.1 Å². The Bertz CT molecular complexity index is 918. The van der Waals surface area contributed by atoms with Gasteiger partial charge in [-0.15, -0.1) is 0 Å². The fraction of sp³-hybridized carbons (Fsp3) is 0.150. The fourth-order valence-corrected chi connectivity index (χ4v) is 2.57. The molecule has 0 aliphatic carbocycles. The van der Waals surface area contributed by atoms with Crippen LogP contribution in [0.2, 0.25) is 0 Å². The SMILES string of the molecule is CC=CNCc1cccc2c(Oc3ccc(C(F)(F)F)cc3)ccnc12. The van der Waals surface area contributed by atoms with Gasteiger partial charge in [-0.2, -0.15) is 13.2 Å². The van der Waals surface area contributed by atoms with E-state index in [-0.39, 0.29) is 0 Å². The third kappa shape index (κ3) is 3.96. The summed E-state index contributed by atoms with van der Waals surface area (Å²) in [6.07, 6.45) is 1.01. The largest absolute Gasteiger partial charge is 0.457 e. The number of nitrogens with zero attached hydrogens (tertiary/aromatic N) is 1. The molecule has 0 aliphatic rings. The molecule has 0 bridgehead atoms. The van der Waals surface area contributed by atoms with Gasteiger partial charge in [0.05, 0.1) is 11.1 Å². The fourth-order valence-electron chi connectivity index (χ4n) is 2.57. The average molecular weight is 358 g/mol. The molecule has 3 nitrogen and oxygen atoms in total. The molecule has 0 spiro atoms. The van der Waals surface area contributed by atoms with Crippen molar-refractivity contribution in [2.75, 3.05) is 0 Å². The number of alkyl halides is 3. The van der Waals surface area contributed by atoms with E-state index in [0.29, 0.717) is 18.0 Å². The second kappa shape index (κ2) is 7.47. The Labute approximate surface area is 149 Å². The van der Waals surface area contributed by atoms with Crippen molar-refractivity contribution in [2.45, 2.75) is 19.6 Å². The van der Waals surface area contributed by atoms with Crippen LogP contribution in [0.4, 0.5) is 13.2 Å². The molecule has 2 aromatic carbocycles. The summed E-state index contributed by atoms with van der Waals surface area (Å²) in [5.41, 5.74) is 1.08. The third-order valence-corrected chi connectivity index (χ3v) is 3.80. The zero-order valence-corrected chi connectivity index (χ0v) is 14.0. The summed E-state index contributed by atoms with van der Waals surface area (Å²) in [6, 6.07) is 12.1. The van der Waals surface area contributed by atoms with Gasteiger partial charge in [0.1, 0.15) is 11.5 Å². The lowest BCUT2D eigenvalue weighted by atomic mass is 10.1. The van der Waals surface area contributed by atoms with Crippen LogP contribution in [0.25, 0.3) is 10.9 Å². The van der Waals surface area contributed by atoms with Gasteiger partial charge in [-0.25, -0.2) is 0 Å². The van der Waals surface area contributed by atoms with Crippen molar-refractivity contribution in [1.29, 1.82) is 0 Å². The van der Waals surface area contributed by atoms with E-state index in [1.807, 2.05) is 37.4 Å². The molecule has 6 heteroatoms. The predicted molar refractivity (Wildman–Crippen MR) is 94.9 cm³/mol. The molecular formula is C20H17F3N2O. The molecule has 0 unspecified atom stereocenters. The number of halogens is 3. The zero-order chi connectivity index (χ0) is 18.6. The second-order valence-corrected chi connectivity index (χ2v) is 5.63. The number of allylic oxidation sites excluding steroid dienone is 1. The van der Waals surface area contributed by atoms with Crippen molar-refractivity contribution in [3.05, 3.63) is 78.1 Å². The number of ether oxygens (including phenoxy) is 1. The van der Waals surface area contributed by atoms with Crippen LogP contribution in [-0.2, 0) is 12.7 Å². The van der Waals surface area contributed by atoms with Gasteiger partial charge >= 0.3 is 6.18 Å². The van der Waals surface area contributed by atoms with E-state index in [1.54, 1.807) is 12.3 Å². The van der Waals surface area contributed by atoms with Gasteiger partial charge in [0.15, 0.2) is 0 Å². The zero-order valence-electron chi connectivity index (χ0n) is 14.0. The highest BCUT2D eigenvalue weighted by Gasteiger charge is 2.30. The van der Waals surface area contributed by atoms with E-state index in [4.69, 9.17) is 4.74 Å². The van der Waals surface area contributed by atoms with Gasteiger partial charge in [-0.1, -0.05) is 18.2 Å². The average Bonchev–Trinajstić information content (AvgIpc) is 2.62. The van der Waals surface area contributed by atoms with Gasteiger partial charge in [-0.3, -0.25) is 4.98 Å². The molecule has 0 saturated heterocycles. The van der Waals surface area contributed by atoms with Crippen LogP contribution in [0.3, 0.4) is 0 Å². The maximum Gasteiger partial charge on any atom is 0.416 e. The van der Waals surface area contributed by atoms with E-state index in [1.165, 1.54) is 12.1 Å². The molecular weight excluding hydrogens is 341 g/mol. The molecule has 26 heavy (non-hydrogen) atoms. The monoisotopic (exact) mass is 358 g/mol. The first-order valence-electron chi connectivity index (χ1n) is 8.05. The number of aromatic nitrogens is 1. The van der Waals surface area contributed by atoms with Crippen molar-refractivity contribution in [3.8, 4) is 11.5 Å². The smallest absolute Gasteiger partial charge is 0.416 e. The van der Waals surface area contributed by atoms with Gasteiger partial charge < -0.3 is 10.1 Å². The van der Waals surface area contributed by atoms with Crippen LogP contribution >= 0.6 is 0 Å². The lowest BCUT2D eigenvalue weighted by Gasteiger charge is -2.12.